The van der Waals surface area contributed by atoms with Gasteiger partial charge in [0, 0.05) is 29.8 Å². The minimum atomic E-state index is -4.31. The van der Waals surface area contributed by atoms with Crippen molar-refractivity contribution in [3.8, 4) is 11.5 Å². The van der Waals surface area contributed by atoms with Crippen molar-refractivity contribution in [2.45, 2.75) is 4.90 Å². The molecule has 0 heterocycles. The summed E-state index contributed by atoms with van der Waals surface area (Å²) < 4.78 is 35.3. The summed E-state index contributed by atoms with van der Waals surface area (Å²) in [6.45, 7) is 0. The topological polar surface area (TPSA) is 180 Å². The van der Waals surface area contributed by atoms with Crippen LogP contribution in [0.3, 0.4) is 0 Å². The van der Waals surface area contributed by atoms with Crippen LogP contribution in [0, 0.1) is 20.2 Å². The van der Waals surface area contributed by atoms with Gasteiger partial charge in [-0.15, -0.1) is 0 Å². The molecule has 0 saturated heterocycles. The number of carbonyl (C=O) groups is 1. The molecule has 3 aromatic carbocycles. The van der Waals surface area contributed by atoms with E-state index in [9.17, 15) is 33.4 Å². The van der Waals surface area contributed by atoms with Crippen LogP contribution in [0.15, 0.2) is 76.7 Å². The van der Waals surface area contributed by atoms with E-state index in [1.807, 2.05) is 0 Å². The summed E-state index contributed by atoms with van der Waals surface area (Å²) in [5, 5.41) is 25.3. The fourth-order valence-electron chi connectivity index (χ4n) is 2.72. The Morgan fingerprint density at radius 2 is 1.63 bits per heavy atom. The molecule has 35 heavy (non-hydrogen) atoms. The number of nitro groups is 2. The maximum Gasteiger partial charge on any atom is 0.339 e. The molecule has 0 bridgehead atoms. The van der Waals surface area contributed by atoms with Crippen LogP contribution in [0.1, 0.15) is 15.9 Å². The number of benzene rings is 3. The van der Waals surface area contributed by atoms with Gasteiger partial charge in [-0.1, -0.05) is 6.07 Å². The number of hydrogen-bond donors (Lipinski definition) is 1. The van der Waals surface area contributed by atoms with Gasteiger partial charge in [0.2, 0.25) is 0 Å². The van der Waals surface area contributed by atoms with Crippen molar-refractivity contribution in [2.75, 3.05) is 7.11 Å². The number of nitrogens with one attached hydrogen (secondary N) is 1. The molecular formula is C21H16N4O9S. The molecule has 0 aliphatic rings. The molecule has 0 aliphatic heterocycles. The third kappa shape index (κ3) is 6.14. The van der Waals surface area contributed by atoms with Gasteiger partial charge in [0.15, 0.2) is 11.5 Å². The number of amides is 1. The second-order valence-electron chi connectivity index (χ2n) is 6.71. The van der Waals surface area contributed by atoms with Crippen LogP contribution in [0.4, 0.5) is 11.4 Å². The Morgan fingerprint density at radius 3 is 2.26 bits per heavy atom. The average Bonchev–Trinajstić information content (AvgIpc) is 2.84. The molecule has 3 aromatic rings. The molecule has 0 radical (unpaired) electrons. The van der Waals surface area contributed by atoms with Gasteiger partial charge in [0.1, 0.15) is 4.90 Å². The van der Waals surface area contributed by atoms with Gasteiger partial charge in [-0.2, -0.15) is 13.5 Å². The summed E-state index contributed by atoms with van der Waals surface area (Å²) in [6.07, 6.45) is 1.24. The number of ether oxygens (including phenoxy) is 1. The van der Waals surface area contributed by atoms with E-state index in [0.29, 0.717) is 5.56 Å². The van der Waals surface area contributed by atoms with E-state index in [1.54, 1.807) is 0 Å². The lowest BCUT2D eigenvalue weighted by Gasteiger charge is -2.11. The normalized spacial score (nSPS) is 11.1. The molecule has 14 heteroatoms. The number of carbonyl (C=O) groups excluding carboxylic acids is 1. The maximum absolute atomic E-state index is 12.5. The maximum atomic E-state index is 12.5. The SMILES string of the molecule is COc1cc(/C=N/NC(=O)c2cccc([N+](=O)[O-])c2)ccc1OS(=O)(=O)c1ccc([N+](=O)[O-])cc1. The summed E-state index contributed by atoms with van der Waals surface area (Å²) >= 11 is 0. The largest absolute Gasteiger partial charge is 0.493 e. The third-order valence-corrected chi connectivity index (χ3v) is 5.67. The fourth-order valence-corrected chi connectivity index (χ4v) is 3.66. The van der Waals surface area contributed by atoms with Crippen LogP contribution in [0.2, 0.25) is 0 Å². The Labute approximate surface area is 198 Å². The third-order valence-electron chi connectivity index (χ3n) is 4.42. The molecule has 0 spiro atoms. The zero-order valence-corrected chi connectivity index (χ0v) is 18.7. The first-order valence-electron chi connectivity index (χ1n) is 9.55. The summed E-state index contributed by atoms with van der Waals surface area (Å²) in [4.78, 5) is 32.1. The van der Waals surface area contributed by atoms with Crippen molar-refractivity contribution >= 4 is 33.6 Å². The van der Waals surface area contributed by atoms with Gasteiger partial charge >= 0.3 is 10.1 Å². The number of hydrogen-bond acceptors (Lipinski definition) is 10. The number of methoxy groups -OCH3 is 1. The zero-order chi connectivity index (χ0) is 25.6. The summed E-state index contributed by atoms with van der Waals surface area (Å²) in [6, 6.07) is 13.4. The molecule has 1 N–H and O–H groups in total. The first-order valence-corrected chi connectivity index (χ1v) is 11.0. The van der Waals surface area contributed by atoms with Gasteiger partial charge in [-0.05, 0) is 42.0 Å². The molecule has 0 aromatic heterocycles. The molecule has 0 saturated carbocycles. The number of hydrazone groups is 1. The van der Waals surface area contributed by atoms with E-state index in [-0.39, 0.29) is 33.3 Å². The number of nitro benzene ring substituents is 2. The standard InChI is InChI=1S/C21H16N4O9S/c1-33-20-11-14(13-22-23-21(26)15-3-2-4-17(12-15)25(29)30)5-10-19(20)34-35(31,32)18-8-6-16(7-9-18)24(27)28/h2-13H,1H3,(H,23,26)/b22-13+. The molecule has 13 nitrogen and oxygen atoms in total. The van der Waals surface area contributed by atoms with Crippen LogP contribution >= 0.6 is 0 Å². The summed E-state index contributed by atoms with van der Waals surface area (Å²) in [5.41, 5.74) is 2.15. The lowest BCUT2D eigenvalue weighted by molar-refractivity contribution is -0.385. The number of non-ortho nitro benzene ring substituents is 2. The van der Waals surface area contributed by atoms with Crippen molar-refractivity contribution < 1.29 is 32.0 Å². The van der Waals surface area contributed by atoms with Crippen molar-refractivity contribution in [3.05, 3.63) is 98.1 Å². The highest BCUT2D eigenvalue weighted by molar-refractivity contribution is 7.87. The summed E-state index contributed by atoms with van der Waals surface area (Å²) in [7, 11) is -3.03. The molecule has 0 aliphatic carbocycles. The van der Waals surface area contributed by atoms with Gasteiger partial charge in [-0.25, -0.2) is 5.43 Å². The second kappa shape index (κ2) is 10.4. The van der Waals surface area contributed by atoms with Crippen molar-refractivity contribution in [2.24, 2.45) is 5.10 Å². The minimum absolute atomic E-state index is 0.0319. The predicted molar refractivity (Wildman–Crippen MR) is 122 cm³/mol. The van der Waals surface area contributed by atoms with Crippen LogP contribution in [0.5, 0.6) is 11.5 Å². The van der Waals surface area contributed by atoms with Crippen molar-refractivity contribution in [1.82, 2.24) is 5.43 Å². The number of nitrogens with zero attached hydrogens (tertiary/aromatic N) is 3. The smallest absolute Gasteiger partial charge is 0.339 e. The Bertz CT molecular complexity index is 1420. The Morgan fingerprint density at radius 1 is 0.943 bits per heavy atom. The highest BCUT2D eigenvalue weighted by Crippen LogP contribution is 2.30. The first kappa shape index (κ1) is 24.8. The number of rotatable bonds is 9. The summed E-state index contributed by atoms with van der Waals surface area (Å²) in [5.74, 6) is -0.792. The van der Waals surface area contributed by atoms with E-state index in [1.165, 1.54) is 49.7 Å². The first-order chi connectivity index (χ1) is 16.6. The quantitative estimate of drug-likeness (QED) is 0.200. The molecular weight excluding hydrogens is 484 g/mol. The molecule has 0 atom stereocenters. The van der Waals surface area contributed by atoms with E-state index < -0.39 is 25.9 Å². The molecule has 3 rings (SSSR count). The molecule has 1 amide bonds. The molecule has 180 valence electrons. The predicted octanol–water partition coefficient (Wildman–Crippen LogP) is 3.04. The Kier molecular flexibility index (Phi) is 7.36. The molecule has 0 unspecified atom stereocenters. The van der Waals surface area contributed by atoms with Gasteiger partial charge in [0.05, 0.1) is 23.2 Å². The minimum Gasteiger partial charge on any atom is -0.493 e. The Balaban J connectivity index is 1.72. The Hall–Kier alpha value is -4.85. The van der Waals surface area contributed by atoms with Crippen LogP contribution in [-0.4, -0.2) is 37.5 Å². The second-order valence-corrected chi connectivity index (χ2v) is 8.25. The van der Waals surface area contributed by atoms with Crippen LogP contribution < -0.4 is 14.3 Å². The van der Waals surface area contributed by atoms with Crippen molar-refractivity contribution in [1.29, 1.82) is 0 Å². The van der Waals surface area contributed by atoms with Crippen LogP contribution in [-0.2, 0) is 10.1 Å². The molecule has 0 fully saturated rings. The lowest BCUT2D eigenvalue weighted by Crippen LogP contribution is -2.17. The van der Waals surface area contributed by atoms with Crippen molar-refractivity contribution in [3.63, 3.8) is 0 Å². The highest BCUT2D eigenvalue weighted by Gasteiger charge is 2.20. The van der Waals surface area contributed by atoms with Gasteiger partial charge in [-0.3, -0.25) is 25.0 Å². The van der Waals surface area contributed by atoms with Gasteiger partial charge < -0.3 is 8.92 Å². The lowest BCUT2D eigenvalue weighted by atomic mass is 10.2. The van der Waals surface area contributed by atoms with E-state index in [0.717, 1.165) is 30.3 Å². The fraction of sp³-hybridized carbons (Fsp3) is 0.0476. The van der Waals surface area contributed by atoms with E-state index >= 15 is 0 Å². The highest BCUT2D eigenvalue weighted by atomic mass is 32.2. The average molecular weight is 500 g/mol. The van der Waals surface area contributed by atoms with E-state index in [4.69, 9.17) is 8.92 Å². The van der Waals surface area contributed by atoms with Crippen LogP contribution in [0.25, 0.3) is 0 Å². The monoisotopic (exact) mass is 500 g/mol. The van der Waals surface area contributed by atoms with Gasteiger partial charge in [0.25, 0.3) is 17.3 Å². The van der Waals surface area contributed by atoms with E-state index in [2.05, 4.69) is 10.5 Å². The zero-order valence-electron chi connectivity index (χ0n) is 17.9.